The van der Waals surface area contributed by atoms with E-state index >= 15 is 0 Å². The van der Waals surface area contributed by atoms with E-state index in [-0.39, 0.29) is 31.0 Å². The Hall–Kier alpha value is -2.93. The van der Waals surface area contributed by atoms with Crippen LogP contribution in [-0.4, -0.2) is 54.0 Å². The van der Waals surface area contributed by atoms with E-state index < -0.39 is 5.82 Å². The Morgan fingerprint density at radius 1 is 1.21 bits per heavy atom. The molecule has 29 heavy (non-hydrogen) atoms. The first-order valence-electron chi connectivity index (χ1n) is 9.64. The smallest absolute Gasteiger partial charge is 0.254 e. The van der Waals surface area contributed by atoms with Crippen LogP contribution in [-0.2, 0) is 16.1 Å². The maximum absolute atomic E-state index is 13.2. The number of furan rings is 1. The SMILES string of the molecule is C=CCN(CC(=O)N(Cc1ccco1)C[C@H]1CCCO1)C(=O)c1ccc(F)cc1. The molecule has 154 valence electrons. The van der Waals surface area contributed by atoms with E-state index in [1.807, 2.05) is 0 Å². The fourth-order valence-corrected chi connectivity index (χ4v) is 3.29. The van der Waals surface area contributed by atoms with Gasteiger partial charge >= 0.3 is 0 Å². The molecule has 6 nitrogen and oxygen atoms in total. The third-order valence-corrected chi connectivity index (χ3v) is 4.78. The van der Waals surface area contributed by atoms with Crippen LogP contribution in [0.1, 0.15) is 29.0 Å². The molecule has 1 aliphatic rings. The Kier molecular flexibility index (Phi) is 7.19. The Morgan fingerprint density at radius 2 is 2.00 bits per heavy atom. The van der Waals surface area contributed by atoms with E-state index in [2.05, 4.69) is 6.58 Å². The topological polar surface area (TPSA) is 63.0 Å². The third-order valence-electron chi connectivity index (χ3n) is 4.78. The first kappa shape index (κ1) is 20.8. The molecule has 1 atom stereocenters. The predicted molar refractivity (Wildman–Crippen MR) is 106 cm³/mol. The van der Waals surface area contributed by atoms with Gasteiger partial charge in [-0.05, 0) is 49.2 Å². The van der Waals surface area contributed by atoms with Gasteiger partial charge in [0.2, 0.25) is 5.91 Å². The van der Waals surface area contributed by atoms with Crippen LogP contribution < -0.4 is 0 Å². The van der Waals surface area contributed by atoms with Crippen molar-refractivity contribution in [1.82, 2.24) is 9.80 Å². The largest absolute Gasteiger partial charge is 0.467 e. The first-order chi connectivity index (χ1) is 14.1. The maximum atomic E-state index is 13.2. The molecule has 2 heterocycles. The molecule has 1 fully saturated rings. The molecular formula is C22H25FN2O4. The van der Waals surface area contributed by atoms with Crippen molar-refractivity contribution in [2.24, 2.45) is 0 Å². The van der Waals surface area contributed by atoms with Crippen LogP contribution in [0.4, 0.5) is 4.39 Å². The number of ether oxygens (including phenoxy) is 1. The summed E-state index contributed by atoms with van der Waals surface area (Å²) in [5.74, 6) is -0.326. The van der Waals surface area contributed by atoms with Gasteiger partial charge in [0.05, 0.1) is 18.9 Å². The highest BCUT2D eigenvalue weighted by atomic mass is 19.1. The number of hydrogen-bond donors (Lipinski definition) is 0. The Balaban J connectivity index is 1.72. The number of hydrogen-bond acceptors (Lipinski definition) is 4. The quantitative estimate of drug-likeness (QED) is 0.606. The molecule has 0 bridgehead atoms. The normalized spacial score (nSPS) is 15.8. The van der Waals surface area contributed by atoms with Crippen molar-refractivity contribution in [3.63, 3.8) is 0 Å². The molecule has 7 heteroatoms. The fourth-order valence-electron chi connectivity index (χ4n) is 3.29. The lowest BCUT2D eigenvalue weighted by atomic mass is 10.2. The molecule has 0 aliphatic carbocycles. The molecule has 0 N–H and O–H groups in total. The number of nitrogens with zero attached hydrogens (tertiary/aromatic N) is 2. The average Bonchev–Trinajstić information content (AvgIpc) is 3.41. The minimum Gasteiger partial charge on any atom is -0.467 e. The predicted octanol–water partition coefficient (Wildman–Crippen LogP) is 3.25. The lowest BCUT2D eigenvalue weighted by Gasteiger charge is -2.28. The van der Waals surface area contributed by atoms with Crippen LogP contribution >= 0.6 is 0 Å². The molecule has 2 amide bonds. The third kappa shape index (κ3) is 5.77. The number of carbonyl (C=O) groups is 2. The molecule has 0 unspecified atom stereocenters. The van der Waals surface area contributed by atoms with Gasteiger partial charge in [-0.3, -0.25) is 9.59 Å². The van der Waals surface area contributed by atoms with Crippen LogP contribution in [0.5, 0.6) is 0 Å². The summed E-state index contributed by atoms with van der Waals surface area (Å²) in [5.41, 5.74) is 0.317. The van der Waals surface area contributed by atoms with Crippen LogP contribution in [0.3, 0.4) is 0 Å². The summed E-state index contributed by atoms with van der Waals surface area (Å²) in [4.78, 5) is 28.9. The van der Waals surface area contributed by atoms with Crippen molar-refractivity contribution in [1.29, 1.82) is 0 Å². The van der Waals surface area contributed by atoms with Crippen LogP contribution in [0.15, 0.2) is 59.7 Å². The molecule has 0 saturated carbocycles. The van der Waals surface area contributed by atoms with Crippen molar-refractivity contribution in [2.75, 3.05) is 26.2 Å². The van der Waals surface area contributed by atoms with Gasteiger partial charge in [-0.2, -0.15) is 0 Å². The number of carbonyl (C=O) groups excluding carboxylic acids is 2. The van der Waals surface area contributed by atoms with Gasteiger partial charge in [0.25, 0.3) is 5.91 Å². The zero-order valence-electron chi connectivity index (χ0n) is 16.3. The van der Waals surface area contributed by atoms with Crippen molar-refractivity contribution in [3.8, 4) is 0 Å². The van der Waals surface area contributed by atoms with Gasteiger partial charge in [-0.15, -0.1) is 6.58 Å². The molecule has 1 aromatic carbocycles. The van der Waals surface area contributed by atoms with Gasteiger partial charge in [0.15, 0.2) is 0 Å². The molecule has 1 aromatic heterocycles. The Labute approximate surface area is 169 Å². The summed E-state index contributed by atoms with van der Waals surface area (Å²) >= 11 is 0. The van der Waals surface area contributed by atoms with E-state index in [1.54, 1.807) is 29.4 Å². The number of amides is 2. The standard InChI is InChI=1S/C22H25FN2O4/c1-2-11-24(22(27)17-7-9-18(23)10-8-17)16-21(26)25(14-19-5-3-12-28-19)15-20-6-4-13-29-20/h2-3,5,7-10,12,20H,1,4,6,11,13-16H2/t20-/m1/s1. The monoisotopic (exact) mass is 400 g/mol. The molecule has 0 spiro atoms. The zero-order chi connectivity index (χ0) is 20.6. The van der Waals surface area contributed by atoms with E-state index in [9.17, 15) is 14.0 Å². The molecule has 1 aliphatic heterocycles. The zero-order valence-corrected chi connectivity index (χ0v) is 16.3. The van der Waals surface area contributed by atoms with Gasteiger partial charge in [0.1, 0.15) is 18.1 Å². The van der Waals surface area contributed by atoms with Crippen molar-refractivity contribution in [3.05, 3.63) is 72.5 Å². The average molecular weight is 400 g/mol. The summed E-state index contributed by atoms with van der Waals surface area (Å²) in [6, 6.07) is 8.84. The second-order valence-electron chi connectivity index (χ2n) is 6.97. The summed E-state index contributed by atoms with van der Waals surface area (Å²) in [5, 5.41) is 0. The highest BCUT2D eigenvalue weighted by molar-refractivity contribution is 5.96. The van der Waals surface area contributed by atoms with Gasteiger partial charge in [0, 0.05) is 25.3 Å². The van der Waals surface area contributed by atoms with E-state index in [1.165, 1.54) is 29.2 Å². The highest BCUT2D eigenvalue weighted by Gasteiger charge is 2.26. The van der Waals surface area contributed by atoms with Crippen molar-refractivity contribution >= 4 is 11.8 Å². The number of benzene rings is 1. The number of rotatable bonds is 9. The van der Waals surface area contributed by atoms with Gasteiger partial charge < -0.3 is 19.0 Å². The van der Waals surface area contributed by atoms with Crippen molar-refractivity contribution < 1.29 is 23.1 Å². The summed E-state index contributed by atoms with van der Waals surface area (Å²) in [6.07, 6.45) is 4.97. The number of halogens is 1. The van der Waals surface area contributed by atoms with E-state index in [0.29, 0.717) is 31.0 Å². The molecular weight excluding hydrogens is 375 g/mol. The lowest BCUT2D eigenvalue weighted by Crippen LogP contribution is -2.45. The fraction of sp³-hybridized carbons (Fsp3) is 0.364. The van der Waals surface area contributed by atoms with Crippen LogP contribution in [0.2, 0.25) is 0 Å². The van der Waals surface area contributed by atoms with Crippen LogP contribution in [0, 0.1) is 5.82 Å². The minimum absolute atomic E-state index is 0.0189. The van der Waals surface area contributed by atoms with E-state index in [0.717, 1.165) is 12.8 Å². The molecule has 0 radical (unpaired) electrons. The van der Waals surface area contributed by atoms with E-state index in [4.69, 9.17) is 9.15 Å². The maximum Gasteiger partial charge on any atom is 0.254 e. The summed E-state index contributed by atoms with van der Waals surface area (Å²) in [6.45, 7) is 5.20. The first-order valence-corrected chi connectivity index (χ1v) is 9.64. The second-order valence-corrected chi connectivity index (χ2v) is 6.97. The summed E-state index contributed by atoms with van der Waals surface area (Å²) < 4.78 is 24.2. The van der Waals surface area contributed by atoms with Crippen LogP contribution in [0.25, 0.3) is 0 Å². The lowest BCUT2D eigenvalue weighted by molar-refractivity contribution is -0.134. The minimum atomic E-state index is -0.422. The highest BCUT2D eigenvalue weighted by Crippen LogP contribution is 2.16. The van der Waals surface area contributed by atoms with Gasteiger partial charge in [-0.1, -0.05) is 6.08 Å². The van der Waals surface area contributed by atoms with Crippen molar-refractivity contribution in [2.45, 2.75) is 25.5 Å². The molecule has 3 rings (SSSR count). The molecule has 1 saturated heterocycles. The Bertz CT molecular complexity index is 814. The summed E-state index contributed by atoms with van der Waals surface area (Å²) in [7, 11) is 0. The Morgan fingerprint density at radius 3 is 2.62 bits per heavy atom. The second kappa shape index (κ2) is 10.0. The molecule has 2 aromatic rings. The van der Waals surface area contributed by atoms with Gasteiger partial charge in [-0.25, -0.2) is 4.39 Å².